The Bertz CT molecular complexity index is 827. The van der Waals surface area contributed by atoms with Gasteiger partial charge in [0.2, 0.25) is 0 Å². The molecule has 0 saturated heterocycles. The summed E-state index contributed by atoms with van der Waals surface area (Å²) in [6, 6.07) is 5.19. The fraction of sp³-hybridized carbons (Fsp3) is 0.214. The molecule has 3 rings (SSSR count). The van der Waals surface area contributed by atoms with Gasteiger partial charge in [-0.15, -0.1) is 5.10 Å². The van der Waals surface area contributed by atoms with Crippen LogP contribution in [0.25, 0.3) is 0 Å². The van der Waals surface area contributed by atoms with Crippen LogP contribution < -0.4 is 10.6 Å². The molecule has 2 heterocycles. The van der Waals surface area contributed by atoms with Crippen LogP contribution in [0.3, 0.4) is 0 Å². The van der Waals surface area contributed by atoms with Crippen molar-refractivity contribution in [2.45, 2.75) is 13.1 Å². The standard InChI is InChI=1S/C14H13N5O5/c1-24-14(21)18-11-7-15-6-10(11)12(17-18)16-13(20)8-2-4-9(5-3-8)19(22)23/h2-5,15H,6-7H2,1H3,(H,16,17,20). The number of nitro benzene ring substituents is 1. The van der Waals surface area contributed by atoms with Crippen LogP contribution in [0.5, 0.6) is 0 Å². The second-order valence-corrected chi connectivity index (χ2v) is 5.02. The molecule has 0 spiro atoms. The van der Waals surface area contributed by atoms with Crippen LogP contribution in [0, 0.1) is 10.1 Å². The number of carbonyl (C=O) groups is 2. The van der Waals surface area contributed by atoms with E-state index in [0.717, 1.165) is 4.68 Å². The van der Waals surface area contributed by atoms with Crippen molar-refractivity contribution in [3.05, 3.63) is 51.2 Å². The molecule has 2 N–H and O–H groups in total. The number of ether oxygens (including phenoxy) is 1. The Hall–Kier alpha value is -3.27. The van der Waals surface area contributed by atoms with Gasteiger partial charge in [0, 0.05) is 36.3 Å². The first kappa shape index (κ1) is 15.6. The molecule has 1 aromatic heterocycles. The van der Waals surface area contributed by atoms with Crippen molar-refractivity contribution in [2.24, 2.45) is 0 Å². The van der Waals surface area contributed by atoms with Crippen LogP contribution in [0.1, 0.15) is 21.6 Å². The summed E-state index contributed by atoms with van der Waals surface area (Å²) in [4.78, 5) is 34.1. The van der Waals surface area contributed by atoms with Crippen molar-refractivity contribution in [2.75, 3.05) is 12.4 Å². The van der Waals surface area contributed by atoms with Gasteiger partial charge in [-0.2, -0.15) is 4.68 Å². The number of nitro groups is 1. The molecule has 0 radical (unpaired) electrons. The van der Waals surface area contributed by atoms with E-state index in [1.165, 1.54) is 31.4 Å². The van der Waals surface area contributed by atoms with Gasteiger partial charge >= 0.3 is 6.09 Å². The highest BCUT2D eigenvalue weighted by molar-refractivity contribution is 6.04. The molecule has 1 aromatic carbocycles. The van der Waals surface area contributed by atoms with E-state index in [0.29, 0.717) is 24.3 Å². The second kappa shape index (κ2) is 6.08. The minimum Gasteiger partial charge on any atom is -0.451 e. The lowest BCUT2D eigenvalue weighted by Crippen LogP contribution is -2.19. The van der Waals surface area contributed by atoms with Crippen molar-refractivity contribution >= 4 is 23.5 Å². The molecule has 2 aromatic rings. The lowest BCUT2D eigenvalue weighted by molar-refractivity contribution is -0.384. The average Bonchev–Trinajstić information content (AvgIpc) is 3.18. The van der Waals surface area contributed by atoms with Gasteiger partial charge in [-0.3, -0.25) is 14.9 Å². The van der Waals surface area contributed by atoms with E-state index in [1.807, 2.05) is 0 Å². The molecule has 1 aliphatic heterocycles. The Morgan fingerprint density at radius 1 is 1.33 bits per heavy atom. The maximum atomic E-state index is 12.3. The number of carbonyl (C=O) groups excluding carboxylic acids is 2. The second-order valence-electron chi connectivity index (χ2n) is 5.02. The summed E-state index contributed by atoms with van der Waals surface area (Å²) < 4.78 is 5.76. The maximum Gasteiger partial charge on any atom is 0.434 e. The number of nitrogens with one attached hydrogen (secondary N) is 2. The smallest absolute Gasteiger partial charge is 0.434 e. The molecule has 1 amide bonds. The third-order valence-corrected chi connectivity index (χ3v) is 3.60. The first-order valence-electron chi connectivity index (χ1n) is 6.97. The molecular weight excluding hydrogens is 318 g/mol. The average molecular weight is 331 g/mol. The summed E-state index contributed by atoms with van der Waals surface area (Å²) in [5.41, 5.74) is 1.47. The number of nitrogens with zero attached hydrogens (tertiary/aromatic N) is 3. The number of rotatable bonds is 3. The third-order valence-electron chi connectivity index (χ3n) is 3.60. The molecule has 10 nitrogen and oxygen atoms in total. The maximum absolute atomic E-state index is 12.3. The number of amides is 1. The van der Waals surface area contributed by atoms with Crippen LogP contribution in [-0.4, -0.2) is 33.8 Å². The van der Waals surface area contributed by atoms with Crippen molar-refractivity contribution in [1.29, 1.82) is 0 Å². The highest BCUT2D eigenvalue weighted by Crippen LogP contribution is 2.24. The Morgan fingerprint density at radius 2 is 2.04 bits per heavy atom. The lowest BCUT2D eigenvalue weighted by Gasteiger charge is -2.04. The minimum atomic E-state index is -0.647. The van der Waals surface area contributed by atoms with Gasteiger partial charge in [0.1, 0.15) is 0 Å². The van der Waals surface area contributed by atoms with Crippen LogP contribution in [0.2, 0.25) is 0 Å². The van der Waals surface area contributed by atoms with Crippen molar-refractivity contribution < 1.29 is 19.2 Å². The largest absolute Gasteiger partial charge is 0.451 e. The van der Waals surface area contributed by atoms with Gasteiger partial charge in [0.25, 0.3) is 11.6 Å². The molecule has 1 aliphatic rings. The Kier molecular flexibility index (Phi) is 3.96. The molecular formula is C14H13N5O5. The molecule has 0 saturated carbocycles. The Labute approximate surface area is 135 Å². The van der Waals surface area contributed by atoms with Gasteiger partial charge in [-0.25, -0.2) is 4.79 Å². The zero-order chi connectivity index (χ0) is 17.3. The highest BCUT2D eigenvalue weighted by Gasteiger charge is 2.26. The number of fused-ring (bicyclic) bond motifs is 1. The van der Waals surface area contributed by atoms with E-state index < -0.39 is 16.9 Å². The lowest BCUT2D eigenvalue weighted by atomic mass is 10.2. The number of hydrogen-bond donors (Lipinski definition) is 2. The molecule has 0 unspecified atom stereocenters. The van der Waals surface area contributed by atoms with Crippen LogP contribution >= 0.6 is 0 Å². The summed E-state index contributed by atoms with van der Waals surface area (Å²) in [5.74, 6) is -0.224. The van der Waals surface area contributed by atoms with Gasteiger partial charge < -0.3 is 15.4 Å². The predicted octanol–water partition coefficient (Wildman–Crippen LogP) is 1.26. The summed E-state index contributed by atoms with van der Waals surface area (Å²) in [6.07, 6.45) is -0.647. The van der Waals surface area contributed by atoms with Gasteiger partial charge in [-0.1, -0.05) is 0 Å². The molecule has 0 bridgehead atoms. The molecule has 0 fully saturated rings. The van der Waals surface area contributed by atoms with E-state index >= 15 is 0 Å². The molecule has 0 aliphatic carbocycles. The van der Waals surface area contributed by atoms with E-state index in [9.17, 15) is 19.7 Å². The summed E-state index contributed by atoms with van der Waals surface area (Å²) in [5, 5.41) is 20.4. The number of non-ortho nitro benzene ring substituents is 1. The number of benzene rings is 1. The van der Waals surface area contributed by atoms with E-state index in [1.54, 1.807) is 0 Å². The zero-order valence-electron chi connectivity index (χ0n) is 12.6. The van der Waals surface area contributed by atoms with Gasteiger partial charge in [0.05, 0.1) is 17.7 Å². The first-order chi connectivity index (χ1) is 11.5. The summed E-state index contributed by atoms with van der Waals surface area (Å²) in [6.45, 7) is 0.896. The molecule has 124 valence electrons. The van der Waals surface area contributed by atoms with E-state index in [4.69, 9.17) is 0 Å². The van der Waals surface area contributed by atoms with Crippen LogP contribution in [0.15, 0.2) is 24.3 Å². The van der Waals surface area contributed by atoms with Crippen molar-refractivity contribution in [3.8, 4) is 0 Å². The minimum absolute atomic E-state index is 0.105. The fourth-order valence-corrected chi connectivity index (χ4v) is 2.41. The number of anilines is 1. The van der Waals surface area contributed by atoms with Crippen LogP contribution in [-0.2, 0) is 17.8 Å². The quantitative estimate of drug-likeness (QED) is 0.640. The monoisotopic (exact) mass is 331 g/mol. The predicted molar refractivity (Wildman–Crippen MR) is 81.6 cm³/mol. The van der Waals surface area contributed by atoms with Gasteiger partial charge in [-0.05, 0) is 12.1 Å². The highest BCUT2D eigenvalue weighted by atomic mass is 16.6. The topological polar surface area (TPSA) is 128 Å². The Morgan fingerprint density at radius 3 is 2.67 bits per heavy atom. The number of aromatic nitrogens is 2. The first-order valence-corrected chi connectivity index (χ1v) is 6.97. The van der Waals surface area contributed by atoms with Crippen molar-refractivity contribution in [3.63, 3.8) is 0 Å². The molecule has 0 atom stereocenters. The zero-order valence-corrected chi connectivity index (χ0v) is 12.6. The Balaban J connectivity index is 1.84. The number of methoxy groups -OCH3 is 1. The van der Waals surface area contributed by atoms with Gasteiger partial charge in [0.15, 0.2) is 5.82 Å². The fourth-order valence-electron chi connectivity index (χ4n) is 2.41. The van der Waals surface area contributed by atoms with E-state index in [2.05, 4.69) is 20.5 Å². The third kappa shape index (κ3) is 2.70. The number of hydrogen-bond acceptors (Lipinski definition) is 7. The molecule has 10 heteroatoms. The van der Waals surface area contributed by atoms with E-state index in [-0.39, 0.29) is 17.1 Å². The normalized spacial score (nSPS) is 12.5. The van der Waals surface area contributed by atoms with Crippen LogP contribution in [0.4, 0.5) is 16.3 Å². The SMILES string of the molecule is COC(=O)n1nc(NC(=O)c2ccc([N+](=O)[O-])cc2)c2c1CNC2. The molecule has 24 heavy (non-hydrogen) atoms. The summed E-state index contributed by atoms with van der Waals surface area (Å²) in [7, 11) is 1.24. The summed E-state index contributed by atoms with van der Waals surface area (Å²) >= 11 is 0. The van der Waals surface area contributed by atoms with Crippen molar-refractivity contribution in [1.82, 2.24) is 15.1 Å².